The molecule has 0 aromatic carbocycles. The Labute approximate surface area is 99.2 Å². The van der Waals surface area contributed by atoms with Gasteiger partial charge in [-0.2, -0.15) is 0 Å². The summed E-state index contributed by atoms with van der Waals surface area (Å²) in [5.41, 5.74) is 0. The van der Waals surface area contributed by atoms with Crippen LogP contribution in [0, 0.1) is 23.7 Å². The zero-order chi connectivity index (χ0) is 11.5. The summed E-state index contributed by atoms with van der Waals surface area (Å²) in [6.45, 7) is 5.30. The van der Waals surface area contributed by atoms with Gasteiger partial charge >= 0.3 is 0 Å². The molecule has 2 fully saturated rings. The molecule has 92 valence electrons. The van der Waals surface area contributed by atoms with E-state index in [1.807, 2.05) is 0 Å². The molecule has 2 aliphatic carbocycles. The number of hydrogen-bond acceptors (Lipinski definition) is 1. The Hall–Kier alpha value is -0.530. The van der Waals surface area contributed by atoms with Crippen molar-refractivity contribution in [3.8, 4) is 0 Å². The van der Waals surface area contributed by atoms with Crippen LogP contribution >= 0.6 is 0 Å². The lowest BCUT2D eigenvalue weighted by Gasteiger charge is -2.22. The van der Waals surface area contributed by atoms with Gasteiger partial charge in [-0.15, -0.1) is 0 Å². The third kappa shape index (κ3) is 2.41. The van der Waals surface area contributed by atoms with Crippen molar-refractivity contribution in [2.45, 2.75) is 52.4 Å². The molecule has 0 heterocycles. The average molecular weight is 223 g/mol. The van der Waals surface area contributed by atoms with Gasteiger partial charge in [-0.25, -0.2) is 0 Å². The molecule has 0 aliphatic heterocycles. The van der Waals surface area contributed by atoms with Crippen molar-refractivity contribution in [3.05, 3.63) is 0 Å². The molecule has 3 atom stereocenters. The minimum absolute atomic E-state index is 0.346. The molecule has 2 aliphatic rings. The van der Waals surface area contributed by atoms with Crippen LogP contribution in [-0.4, -0.2) is 12.5 Å². The maximum absolute atomic E-state index is 12.1. The standard InChI is InChI=1S/C14H25NO/c1-3-10(4-2)9-15-14(16)13-8-11-5-6-12(13)7-11/h10-13H,3-9H2,1-2H3,(H,15,16). The van der Waals surface area contributed by atoms with Gasteiger partial charge in [0.2, 0.25) is 5.91 Å². The number of fused-ring (bicyclic) bond motifs is 2. The number of amides is 1. The second kappa shape index (κ2) is 5.20. The van der Waals surface area contributed by atoms with Crippen molar-refractivity contribution in [3.63, 3.8) is 0 Å². The molecule has 0 aromatic rings. The molecule has 0 aromatic heterocycles. The van der Waals surface area contributed by atoms with Crippen LogP contribution in [0.25, 0.3) is 0 Å². The summed E-state index contributed by atoms with van der Waals surface area (Å²) in [5, 5.41) is 3.17. The minimum Gasteiger partial charge on any atom is -0.356 e. The second-order valence-electron chi connectivity index (χ2n) is 5.71. The summed E-state index contributed by atoms with van der Waals surface area (Å²) in [6.07, 6.45) is 7.51. The average Bonchev–Trinajstić information content (AvgIpc) is 2.91. The van der Waals surface area contributed by atoms with Gasteiger partial charge < -0.3 is 5.32 Å². The first kappa shape index (κ1) is 11.9. The van der Waals surface area contributed by atoms with Crippen LogP contribution in [0.15, 0.2) is 0 Å². The topological polar surface area (TPSA) is 29.1 Å². The van der Waals surface area contributed by atoms with Crippen molar-refractivity contribution >= 4 is 5.91 Å². The van der Waals surface area contributed by atoms with Crippen molar-refractivity contribution in [2.24, 2.45) is 23.7 Å². The van der Waals surface area contributed by atoms with E-state index in [9.17, 15) is 4.79 Å². The first-order valence-corrected chi connectivity index (χ1v) is 7.02. The number of nitrogens with one attached hydrogen (secondary N) is 1. The lowest BCUT2D eigenvalue weighted by Crippen LogP contribution is -2.36. The highest BCUT2D eigenvalue weighted by molar-refractivity contribution is 5.79. The Morgan fingerprint density at radius 3 is 2.50 bits per heavy atom. The molecule has 3 unspecified atom stereocenters. The quantitative estimate of drug-likeness (QED) is 0.762. The predicted molar refractivity (Wildman–Crippen MR) is 66.0 cm³/mol. The molecule has 0 radical (unpaired) electrons. The van der Waals surface area contributed by atoms with Crippen LogP contribution in [0.1, 0.15) is 52.4 Å². The smallest absolute Gasteiger partial charge is 0.223 e. The van der Waals surface area contributed by atoms with E-state index in [0.29, 0.717) is 23.7 Å². The number of rotatable bonds is 5. The van der Waals surface area contributed by atoms with Gasteiger partial charge in [0.1, 0.15) is 0 Å². The SMILES string of the molecule is CCC(CC)CNC(=O)C1CC2CCC1C2. The highest BCUT2D eigenvalue weighted by atomic mass is 16.1. The fourth-order valence-electron chi connectivity index (χ4n) is 3.52. The Bertz CT molecular complexity index is 247. The molecule has 2 heteroatoms. The van der Waals surface area contributed by atoms with E-state index in [-0.39, 0.29) is 0 Å². The molecule has 2 bridgehead atoms. The largest absolute Gasteiger partial charge is 0.356 e. The lowest BCUT2D eigenvalue weighted by molar-refractivity contribution is -0.126. The molecule has 2 rings (SSSR count). The lowest BCUT2D eigenvalue weighted by atomic mass is 9.88. The Balaban J connectivity index is 1.76. The monoisotopic (exact) mass is 223 g/mol. The molecule has 0 saturated heterocycles. The first-order valence-electron chi connectivity index (χ1n) is 7.02. The Kier molecular flexibility index (Phi) is 3.88. The van der Waals surface area contributed by atoms with Crippen LogP contribution in [0.3, 0.4) is 0 Å². The van der Waals surface area contributed by atoms with Gasteiger partial charge in [-0.3, -0.25) is 4.79 Å². The fraction of sp³-hybridized carbons (Fsp3) is 0.929. The zero-order valence-electron chi connectivity index (χ0n) is 10.7. The molecular weight excluding hydrogens is 198 g/mol. The van der Waals surface area contributed by atoms with Crippen LogP contribution in [-0.2, 0) is 4.79 Å². The van der Waals surface area contributed by atoms with E-state index in [4.69, 9.17) is 0 Å². The maximum atomic E-state index is 12.1. The van der Waals surface area contributed by atoms with E-state index in [0.717, 1.165) is 12.5 Å². The molecule has 16 heavy (non-hydrogen) atoms. The van der Waals surface area contributed by atoms with Gasteiger partial charge in [0.05, 0.1) is 0 Å². The van der Waals surface area contributed by atoms with Crippen LogP contribution in [0.2, 0.25) is 0 Å². The summed E-state index contributed by atoms with van der Waals surface area (Å²) in [7, 11) is 0. The highest BCUT2D eigenvalue weighted by Gasteiger charge is 2.42. The third-order valence-electron chi connectivity index (χ3n) is 4.79. The van der Waals surface area contributed by atoms with Crippen LogP contribution < -0.4 is 5.32 Å². The Morgan fingerprint density at radius 2 is 2.00 bits per heavy atom. The molecule has 1 N–H and O–H groups in total. The number of hydrogen-bond donors (Lipinski definition) is 1. The van der Waals surface area contributed by atoms with Gasteiger partial charge in [0.25, 0.3) is 0 Å². The number of carbonyl (C=O) groups excluding carboxylic acids is 1. The second-order valence-corrected chi connectivity index (χ2v) is 5.71. The fourth-order valence-corrected chi connectivity index (χ4v) is 3.52. The van der Waals surface area contributed by atoms with Gasteiger partial charge in [-0.05, 0) is 37.0 Å². The first-order chi connectivity index (χ1) is 7.74. The van der Waals surface area contributed by atoms with E-state index >= 15 is 0 Å². The predicted octanol–water partition coefficient (Wildman–Crippen LogP) is 2.98. The van der Waals surface area contributed by atoms with Crippen LogP contribution in [0.5, 0.6) is 0 Å². The molecule has 2 nitrogen and oxygen atoms in total. The third-order valence-corrected chi connectivity index (χ3v) is 4.79. The summed E-state index contributed by atoms with van der Waals surface area (Å²) in [6, 6.07) is 0. The van der Waals surface area contributed by atoms with Crippen molar-refractivity contribution in [1.82, 2.24) is 5.32 Å². The van der Waals surface area contributed by atoms with Gasteiger partial charge in [0.15, 0.2) is 0 Å². The Morgan fingerprint density at radius 1 is 1.25 bits per heavy atom. The van der Waals surface area contributed by atoms with Crippen molar-refractivity contribution in [2.75, 3.05) is 6.54 Å². The van der Waals surface area contributed by atoms with E-state index in [1.165, 1.54) is 38.5 Å². The normalized spacial score (nSPS) is 32.3. The number of carbonyl (C=O) groups is 1. The van der Waals surface area contributed by atoms with Crippen molar-refractivity contribution < 1.29 is 4.79 Å². The minimum atomic E-state index is 0.346. The summed E-state index contributed by atoms with van der Waals surface area (Å²) in [5.74, 6) is 2.95. The molecular formula is C14H25NO. The van der Waals surface area contributed by atoms with Gasteiger partial charge in [0, 0.05) is 12.5 Å². The zero-order valence-corrected chi connectivity index (χ0v) is 10.7. The van der Waals surface area contributed by atoms with E-state index in [2.05, 4.69) is 19.2 Å². The molecule has 1 amide bonds. The van der Waals surface area contributed by atoms with Gasteiger partial charge in [-0.1, -0.05) is 33.1 Å². The summed E-state index contributed by atoms with van der Waals surface area (Å²) >= 11 is 0. The molecule has 0 spiro atoms. The summed E-state index contributed by atoms with van der Waals surface area (Å²) in [4.78, 5) is 12.1. The van der Waals surface area contributed by atoms with E-state index in [1.54, 1.807) is 0 Å². The summed E-state index contributed by atoms with van der Waals surface area (Å²) < 4.78 is 0. The maximum Gasteiger partial charge on any atom is 0.223 e. The van der Waals surface area contributed by atoms with Crippen molar-refractivity contribution in [1.29, 1.82) is 0 Å². The van der Waals surface area contributed by atoms with E-state index < -0.39 is 0 Å². The highest BCUT2D eigenvalue weighted by Crippen LogP contribution is 2.48. The molecule has 2 saturated carbocycles. The van der Waals surface area contributed by atoms with Crippen LogP contribution in [0.4, 0.5) is 0 Å².